The van der Waals surface area contributed by atoms with Crippen LogP contribution in [0.2, 0.25) is 0 Å². The van der Waals surface area contributed by atoms with E-state index in [0.29, 0.717) is 26.1 Å². The Morgan fingerprint density at radius 2 is 1.96 bits per heavy atom. The minimum atomic E-state index is -4.53. The Bertz CT molecular complexity index is 871. The van der Waals surface area contributed by atoms with Gasteiger partial charge in [0.25, 0.3) is 5.91 Å². The van der Waals surface area contributed by atoms with Gasteiger partial charge in [0.15, 0.2) is 0 Å². The molecule has 0 N–H and O–H groups in total. The largest absolute Gasteiger partial charge is 0.433 e. The van der Waals surface area contributed by atoms with Gasteiger partial charge in [0.05, 0.1) is 23.5 Å². The number of halogens is 3. The van der Waals surface area contributed by atoms with Crippen LogP contribution in [0.4, 0.5) is 18.9 Å². The van der Waals surface area contributed by atoms with Gasteiger partial charge in [-0.2, -0.15) is 18.3 Å². The minimum absolute atomic E-state index is 0.0252. The lowest BCUT2D eigenvalue weighted by Gasteiger charge is -2.39. The topological polar surface area (TPSA) is 71.3 Å². The first-order chi connectivity index (χ1) is 12.8. The van der Waals surface area contributed by atoms with Crippen LogP contribution in [-0.4, -0.2) is 51.1 Å². The number of amides is 2. The zero-order valence-electron chi connectivity index (χ0n) is 14.2. The van der Waals surface area contributed by atoms with Gasteiger partial charge in [-0.25, -0.2) is 0 Å². The molecule has 4 rings (SSSR count). The molecule has 4 heterocycles. The van der Waals surface area contributed by atoms with Crippen molar-refractivity contribution in [2.75, 3.05) is 24.5 Å². The minimum Gasteiger partial charge on any atom is -0.334 e. The average molecular weight is 379 g/mol. The molecule has 7 nitrogen and oxygen atoms in total. The number of aromatic nitrogens is 3. The van der Waals surface area contributed by atoms with E-state index in [1.54, 1.807) is 22.0 Å². The third-order valence-corrected chi connectivity index (χ3v) is 4.80. The van der Waals surface area contributed by atoms with Gasteiger partial charge < -0.3 is 9.80 Å². The molecular weight excluding hydrogens is 363 g/mol. The second-order valence-electron chi connectivity index (χ2n) is 6.62. The van der Waals surface area contributed by atoms with Crippen molar-refractivity contribution in [3.05, 3.63) is 42.0 Å². The maximum Gasteiger partial charge on any atom is 0.433 e. The van der Waals surface area contributed by atoms with Crippen molar-refractivity contribution in [2.45, 2.75) is 25.1 Å². The van der Waals surface area contributed by atoms with E-state index in [0.717, 1.165) is 30.4 Å². The van der Waals surface area contributed by atoms with Crippen molar-refractivity contribution < 1.29 is 22.8 Å². The molecule has 0 unspecified atom stereocenters. The monoisotopic (exact) mass is 379 g/mol. The van der Waals surface area contributed by atoms with E-state index < -0.39 is 11.9 Å². The van der Waals surface area contributed by atoms with E-state index in [1.807, 2.05) is 0 Å². The van der Waals surface area contributed by atoms with Gasteiger partial charge in [-0.05, 0) is 18.6 Å². The molecule has 2 aliphatic heterocycles. The molecule has 0 aromatic carbocycles. The maximum absolute atomic E-state index is 12.5. The number of anilines is 1. The molecule has 2 aromatic rings. The summed E-state index contributed by atoms with van der Waals surface area (Å²) >= 11 is 0. The number of alkyl halides is 3. The smallest absolute Gasteiger partial charge is 0.334 e. The van der Waals surface area contributed by atoms with Crippen molar-refractivity contribution >= 4 is 17.5 Å². The van der Waals surface area contributed by atoms with Gasteiger partial charge in [0.2, 0.25) is 5.91 Å². The fourth-order valence-corrected chi connectivity index (χ4v) is 3.25. The SMILES string of the molecule is O=C(c1ccc(C(F)(F)F)nc1)N1CC(n2cc(N3CCCC3=O)cn2)C1. The van der Waals surface area contributed by atoms with E-state index in [4.69, 9.17) is 0 Å². The van der Waals surface area contributed by atoms with Gasteiger partial charge in [-0.3, -0.25) is 19.3 Å². The van der Waals surface area contributed by atoms with E-state index in [2.05, 4.69) is 10.1 Å². The lowest BCUT2D eigenvalue weighted by molar-refractivity contribution is -0.141. The highest BCUT2D eigenvalue weighted by atomic mass is 19.4. The molecule has 0 bridgehead atoms. The highest BCUT2D eigenvalue weighted by Gasteiger charge is 2.35. The standard InChI is InChI=1S/C17H16F3N5O2/c18-17(19,20)14-4-3-11(6-21-14)16(27)23-8-13(9-23)25-10-12(7-22-25)24-5-1-2-15(24)26/h3-4,6-7,10,13H,1-2,5,8-9H2. The molecule has 2 aliphatic rings. The number of hydrogen-bond donors (Lipinski definition) is 0. The van der Waals surface area contributed by atoms with Crippen LogP contribution in [0.25, 0.3) is 0 Å². The number of pyridine rings is 1. The molecule has 0 aliphatic carbocycles. The van der Waals surface area contributed by atoms with Crippen molar-refractivity contribution in [3.63, 3.8) is 0 Å². The molecule has 0 spiro atoms. The molecule has 2 saturated heterocycles. The number of rotatable bonds is 3. The van der Waals surface area contributed by atoms with Crippen LogP contribution in [0.5, 0.6) is 0 Å². The van der Waals surface area contributed by atoms with E-state index in [1.165, 1.54) is 4.90 Å². The summed E-state index contributed by atoms with van der Waals surface area (Å²) in [5.41, 5.74) is -0.166. The van der Waals surface area contributed by atoms with Crippen LogP contribution in [0, 0.1) is 0 Å². The number of nitrogens with zero attached hydrogens (tertiary/aromatic N) is 5. The molecule has 2 amide bonds. The Morgan fingerprint density at radius 3 is 2.56 bits per heavy atom. The molecule has 0 radical (unpaired) electrons. The Balaban J connectivity index is 1.37. The Labute approximate surface area is 152 Å². The van der Waals surface area contributed by atoms with Crippen molar-refractivity contribution in [1.29, 1.82) is 0 Å². The summed E-state index contributed by atoms with van der Waals surface area (Å²) in [7, 11) is 0. The first-order valence-electron chi connectivity index (χ1n) is 8.50. The Morgan fingerprint density at radius 1 is 1.19 bits per heavy atom. The molecule has 2 fully saturated rings. The van der Waals surface area contributed by atoms with Gasteiger partial charge >= 0.3 is 6.18 Å². The van der Waals surface area contributed by atoms with Crippen LogP contribution in [0.3, 0.4) is 0 Å². The average Bonchev–Trinajstić information content (AvgIpc) is 3.21. The fourth-order valence-electron chi connectivity index (χ4n) is 3.25. The van der Waals surface area contributed by atoms with Crippen LogP contribution >= 0.6 is 0 Å². The molecule has 2 aromatic heterocycles. The van der Waals surface area contributed by atoms with E-state index >= 15 is 0 Å². The highest BCUT2D eigenvalue weighted by Crippen LogP contribution is 2.29. The second kappa shape index (κ2) is 6.36. The number of likely N-dealkylation sites (tertiary alicyclic amines) is 1. The molecule has 0 saturated carbocycles. The molecular formula is C17H16F3N5O2. The summed E-state index contributed by atoms with van der Waals surface area (Å²) in [6, 6.07) is 1.91. The lowest BCUT2D eigenvalue weighted by Crippen LogP contribution is -2.50. The zero-order valence-corrected chi connectivity index (χ0v) is 14.2. The third kappa shape index (κ3) is 3.26. The quantitative estimate of drug-likeness (QED) is 0.819. The summed E-state index contributed by atoms with van der Waals surface area (Å²) in [6.45, 7) is 1.48. The number of hydrogen-bond acceptors (Lipinski definition) is 4. The van der Waals surface area contributed by atoms with Crippen LogP contribution in [-0.2, 0) is 11.0 Å². The molecule has 10 heteroatoms. The third-order valence-electron chi connectivity index (χ3n) is 4.80. The van der Waals surface area contributed by atoms with Crippen LogP contribution < -0.4 is 4.90 Å². The van der Waals surface area contributed by atoms with E-state index in [-0.39, 0.29) is 23.4 Å². The normalized spacial score (nSPS) is 18.1. The zero-order chi connectivity index (χ0) is 19.2. The summed E-state index contributed by atoms with van der Waals surface area (Å²) in [5.74, 6) is -0.288. The summed E-state index contributed by atoms with van der Waals surface area (Å²) in [5, 5.41) is 4.27. The van der Waals surface area contributed by atoms with E-state index in [9.17, 15) is 22.8 Å². The van der Waals surface area contributed by atoms with Gasteiger partial charge in [0, 0.05) is 38.4 Å². The van der Waals surface area contributed by atoms with Gasteiger partial charge in [-0.1, -0.05) is 0 Å². The van der Waals surface area contributed by atoms with Crippen molar-refractivity contribution in [2.24, 2.45) is 0 Å². The Hall–Kier alpha value is -2.91. The molecule has 142 valence electrons. The first-order valence-corrected chi connectivity index (χ1v) is 8.50. The first kappa shape index (κ1) is 17.5. The van der Waals surface area contributed by atoms with Crippen LogP contribution in [0.15, 0.2) is 30.7 Å². The second-order valence-corrected chi connectivity index (χ2v) is 6.62. The van der Waals surface area contributed by atoms with Crippen molar-refractivity contribution in [1.82, 2.24) is 19.7 Å². The molecule has 0 atom stereocenters. The van der Waals surface area contributed by atoms with Crippen molar-refractivity contribution in [3.8, 4) is 0 Å². The highest BCUT2D eigenvalue weighted by molar-refractivity contribution is 5.95. The lowest BCUT2D eigenvalue weighted by atomic mass is 10.1. The predicted octanol–water partition coefficient (Wildman–Crippen LogP) is 2.12. The summed E-state index contributed by atoms with van der Waals surface area (Å²) in [6.07, 6.45) is 1.21. The fraction of sp³-hybridized carbons (Fsp3) is 0.412. The Kier molecular flexibility index (Phi) is 4.12. The number of carbonyl (C=O) groups excluding carboxylic acids is 2. The van der Waals surface area contributed by atoms with Gasteiger partial charge in [-0.15, -0.1) is 0 Å². The molecule has 27 heavy (non-hydrogen) atoms. The van der Waals surface area contributed by atoms with Gasteiger partial charge in [0.1, 0.15) is 5.69 Å². The maximum atomic E-state index is 12.5. The number of carbonyl (C=O) groups is 2. The summed E-state index contributed by atoms with van der Waals surface area (Å²) < 4.78 is 39.3. The summed E-state index contributed by atoms with van der Waals surface area (Å²) in [4.78, 5) is 30.7. The predicted molar refractivity (Wildman–Crippen MR) is 88.0 cm³/mol. The van der Waals surface area contributed by atoms with Crippen LogP contribution in [0.1, 0.15) is 34.9 Å².